The predicted octanol–water partition coefficient (Wildman–Crippen LogP) is 1.63. The molecule has 3 rings (SSSR count). The van der Waals surface area contributed by atoms with E-state index in [-0.39, 0.29) is 5.95 Å². The summed E-state index contributed by atoms with van der Waals surface area (Å²) in [6.45, 7) is 0.778. The fourth-order valence-corrected chi connectivity index (χ4v) is 2.52. The summed E-state index contributed by atoms with van der Waals surface area (Å²) in [5.41, 5.74) is 7.61. The van der Waals surface area contributed by atoms with Crippen LogP contribution in [0.5, 0.6) is 0 Å². The van der Waals surface area contributed by atoms with Crippen LogP contribution in [-0.4, -0.2) is 27.2 Å². The molecule has 6 nitrogen and oxygen atoms in total. The number of rotatable bonds is 3. The Hall–Kier alpha value is -2.15. The molecule has 0 aliphatic rings. The summed E-state index contributed by atoms with van der Waals surface area (Å²) in [4.78, 5) is 10.4. The van der Waals surface area contributed by atoms with Crippen molar-refractivity contribution in [3.63, 3.8) is 0 Å². The van der Waals surface area contributed by atoms with Gasteiger partial charge >= 0.3 is 0 Å². The number of nitrogens with two attached hydrogens (primary N) is 1. The maximum Gasteiger partial charge on any atom is 0.224 e. The maximum atomic E-state index is 5.70. The van der Waals surface area contributed by atoms with Crippen molar-refractivity contribution in [2.75, 3.05) is 17.7 Å². The highest BCUT2D eigenvalue weighted by atomic mass is 32.1. The lowest BCUT2D eigenvalue weighted by Crippen LogP contribution is -2.18. The van der Waals surface area contributed by atoms with Crippen molar-refractivity contribution < 1.29 is 0 Å². The quantitative estimate of drug-likeness (QED) is 0.747. The molecule has 0 atom stereocenters. The van der Waals surface area contributed by atoms with Crippen molar-refractivity contribution in [3.8, 4) is 0 Å². The van der Waals surface area contributed by atoms with Crippen LogP contribution in [0.15, 0.2) is 23.0 Å². The van der Waals surface area contributed by atoms with Crippen LogP contribution in [-0.2, 0) is 6.54 Å². The molecule has 3 aromatic rings. The third-order valence-electron chi connectivity index (χ3n) is 2.67. The zero-order valence-corrected chi connectivity index (χ0v) is 10.6. The molecule has 0 aromatic carbocycles. The van der Waals surface area contributed by atoms with E-state index in [2.05, 4.69) is 37.0 Å². The van der Waals surface area contributed by atoms with Gasteiger partial charge in [0.25, 0.3) is 0 Å². The molecule has 0 saturated carbocycles. The molecule has 92 valence electrons. The van der Waals surface area contributed by atoms with E-state index in [9.17, 15) is 0 Å². The summed E-state index contributed by atoms with van der Waals surface area (Å²) in [6, 6.07) is 2.10. The highest BCUT2D eigenvalue weighted by Crippen LogP contribution is 2.23. The number of nitrogen functional groups attached to an aromatic ring is 1. The fraction of sp³-hybridized carbons (Fsp3) is 0.182. The highest BCUT2D eigenvalue weighted by Gasteiger charge is 2.12. The Morgan fingerprint density at radius 3 is 3.11 bits per heavy atom. The molecule has 0 unspecified atom stereocenters. The zero-order valence-electron chi connectivity index (χ0n) is 9.79. The van der Waals surface area contributed by atoms with E-state index in [0.29, 0.717) is 5.65 Å². The van der Waals surface area contributed by atoms with Crippen molar-refractivity contribution in [3.05, 3.63) is 28.6 Å². The predicted molar refractivity (Wildman–Crippen MR) is 72.5 cm³/mol. The second-order valence-corrected chi connectivity index (χ2v) is 4.81. The second kappa shape index (κ2) is 4.26. The van der Waals surface area contributed by atoms with Crippen molar-refractivity contribution in [2.45, 2.75) is 6.54 Å². The Morgan fingerprint density at radius 1 is 1.44 bits per heavy atom. The van der Waals surface area contributed by atoms with Crippen LogP contribution < -0.4 is 10.6 Å². The Morgan fingerprint density at radius 2 is 2.33 bits per heavy atom. The highest BCUT2D eigenvalue weighted by molar-refractivity contribution is 7.07. The van der Waals surface area contributed by atoms with Gasteiger partial charge in [-0.05, 0) is 22.4 Å². The van der Waals surface area contributed by atoms with E-state index in [1.807, 2.05) is 11.9 Å². The van der Waals surface area contributed by atoms with Crippen LogP contribution in [0, 0.1) is 0 Å². The standard InChI is InChI=1S/C11H12N6S/c1-17(5-7-2-3-18-6-7)10-8-4-13-16-9(8)14-11(12)15-10/h2-4,6H,5H2,1H3,(H3,12,13,14,15,16). The third-order valence-corrected chi connectivity index (χ3v) is 3.40. The van der Waals surface area contributed by atoms with Gasteiger partial charge in [-0.2, -0.15) is 26.4 Å². The van der Waals surface area contributed by atoms with Gasteiger partial charge < -0.3 is 10.6 Å². The second-order valence-electron chi connectivity index (χ2n) is 4.03. The maximum absolute atomic E-state index is 5.70. The van der Waals surface area contributed by atoms with Gasteiger partial charge in [0.1, 0.15) is 5.82 Å². The Bertz CT molecular complexity index is 659. The number of hydrogen-bond donors (Lipinski definition) is 2. The molecule has 0 spiro atoms. The van der Waals surface area contributed by atoms with Crippen molar-refractivity contribution in [2.24, 2.45) is 0 Å². The van der Waals surface area contributed by atoms with Gasteiger partial charge in [-0.3, -0.25) is 5.10 Å². The van der Waals surface area contributed by atoms with Crippen molar-refractivity contribution >= 4 is 34.1 Å². The topological polar surface area (TPSA) is 83.7 Å². The van der Waals surface area contributed by atoms with Gasteiger partial charge in [0.05, 0.1) is 11.6 Å². The van der Waals surface area contributed by atoms with Crippen LogP contribution in [0.1, 0.15) is 5.56 Å². The number of H-pyrrole nitrogens is 1. The Labute approximate surface area is 107 Å². The van der Waals surface area contributed by atoms with Crippen LogP contribution in [0.3, 0.4) is 0 Å². The minimum Gasteiger partial charge on any atom is -0.368 e. The summed E-state index contributed by atoms with van der Waals surface area (Å²) in [7, 11) is 1.98. The molecule has 18 heavy (non-hydrogen) atoms. The van der Waals surface area contributed by atoms with Gasteiger partial charge in [-0.1, -0.05) is 0 Å². The number of thiophene rings is 1. The van der Waals surface area contributed by atoms with Crippen LogP contribution in [0.4, 0.5) is 11.8 Å². The summed E-state index contributed by atoms with van der Waals surface area (Å²) < 4.78 is 0. The summed E-state index contributed by atoms with van der Waals surface area (Å²) in [6.07, 6.45) is 1.72. The van der Waals surface area contributed by atoms with E-state index in [4.69, 9.17) is 5.73 Å². The van der Waals surface area contributed by atoms with Gasteiger partial charge in [0.2, 0.25) is 5.95 Å². The molecule has 0 saturated heterocycles. The molecule has 7 heteroatoms. The number of aromatic nitrogens is 4. The van der Waals surface area contributed by atoms with Crippen molar-refractivity contribution in [1.82, 2.24) is 20.2 Å². The summed E-state index contributed by atoms with van der Waals surface area (Å²) in [5.74, 6) is 1.04. The minimum absolute atomic E-state index is 0.249. The molecule has 0 aliphatic carbocycles. The fourth-order valence-electron chi connectivity index (χ4n) is 1.86. The first-order chi connectivity index (χ1) is 8.74. The first kappa shape index (κ1) is 11.0. The average molecular weight is 260 g/mol. The van der Waals surface area contributed by atoms with Gasteiger partial charge in [-0.15, -0.1) is 0 Å². The Balaban J connectivity index is 2.00. The summed E-state index contributed by atoms with van der Waals surface area (Å²) >= 11 is 1.68. The van der Waals surface area contributed by atoms with E-state index < -0.39 is 0 Å². The smallest absolute Gasteiger partial charge is 0.224 e. The van der Waals surface area contributed by atoms with Crippen molar-refractivity contribution in [1.29, 1.82) is 0 Å². The first-order valence-corrected chi connectivity index (χ1v) is 6.37. The molecule has 0 amide bonds. The number of hydrogen-bond acceptors (Lipinski definition) is 6. The lowest BCUT2D eigenvalue weighted by Gasteiger charge is -2.18. The van der Waals surface area contributed by atoms with Crippen LogP contribution >= 0.6 is 11.3 Å². The molecule has 3 heterocycles. The number of aromatic amines is 1. The lowest BCUT2D eigenvalue weighted by molar-refractivity contribution is 0.906. The summed E-state index contributed by atoms with van der Waals surface area (Å²) in [5, 5.41) is 11.8. The van der Waals surface area contributed by atoms with E-state index in [1.165, 1.54) is 5.56 Å². The Kier molecular flexibility index (Phi) is 2.60. The average Bonchev–Trinajstić information content (AvgIpc) is 2.97. The number of anilines is 2. The van der Waals surface area contributed by atoms with Gasteiger partial charge in [0.15, 0.2) is 5.65 Å². The third kappa shape index (κ3) is 1.88. The first-order valence-electron chi connectivity index (χ1n) is 5.43. The lowest BCUT2D eigenvalue weighted by atomic mass is 10.3. The number of nitrogens with one attached hydrogen (secondary N) is 1. The van der Waals surface area contributed by atoms with Gasteiger partial charge in [-0.25, -0.2) is 0 Å². The van der Waals surface area contributed by atoms with E-state index in [1.54, 1.807) is 17.5 Å². The normalized spacial score (nSPS) is 10.9. The molecule has 0 aliphatic heterocycles. The van der Waals surface area contributed by atoms with E-state index >= 15 is 0 Å². The van der Waals surface area contributed by atoms with Crippen LogP contribution in [0.25, 0.3) is 11.0 Å². The monoisotopic (exact) mass is 260 g/mol. The molecule has 0 fully saturated rings. The van der Waals surface area contributed by atoms with E-state index in [0.717, 1.165) is 17.7 Å². The van der Waals surface area contributed by atoms with Crippen LogP contribution in [0.2, 0.25) is 0 Å². The molecule has 3 aromatic heterocycles. The zero-order chi connectivity index (χ0) is 12.5. The molecule has 3 N–H and O–H groups in total. The minimum atomic E-state index is 0.249. The molecule has 0 radical (unpaired) electrons. The molecular formula is C11H12N6S. The largest absolute Gasteiger partial charge is 0.368 e. The molecule has 0 bridgehead atoms. The SMILES string of the molecule is CN(Cc1ccsc1)c1nc(N)nc2[nH]ncc12. The molecular weight excluding hydrogens is 248 g/mol. The number of nitrogens with zero attached hydrogens (tertiary/aromatic N) is 4. The number of fused-ring (bicyclic) bond motifs is 1. The van der Waals surface area contributed by atoms with Gasteiger partial charge in [0, 0.05) is 13.6 Å².